The Morgan fingerprint density at radius 3 is 2.53 bits per heavy atom. The van der Waals surface area contributed by atoms with Crippen LogP contribution in [0.3, 0.4) is 0 Å². The summed E-state index contributed by atoms with van der Waals surface area (Å²) in [6.07, 6.45) is -1.37. The third-order valence-electron chi connectivity index (χ3n) is 7.10. The summed E-state index contributed by atoms with van der Waals surface area (Å²) in [4.78, 5) is 48.9. The van der Waals surface area contributed by atoms with Crippen LogP contribution >= 0.6 is 0 Å². The molecule has 1 fully saturated rings. The van der Waals surface area contributed by atoms with Crippen molar-refractivity contribution in [3.63, 3.8) is 0 Å². The monoisotopic (exact) mass is 583 g/mol. The summed E-state index contributed by atoms with van der Waals surface area (Å²) in [7, 11) is 0. The number of benzodiazepines with no additional fused rings is 1. The Morgan fingerprint density at radius 2 is 1.79 bits per heavy atom. The van der Waals surface area contributed by atoms with Crippen molar-refractivity contribution in [2.24, 2.45) is 4.99 Å². The molecule has 3 N–H and O–H groups in total. The van der Waals surface area contributed by atoms with Gasteiger partial charge in [0, 0.05) is 36.6 Å². The van der Waals surface area contributed by atoms with Crippen LogP contribution in [-0.2, 0) is 14.3 Å². The number of amides is 4. The number of nitrogens with one attached hydrogen (secondary N) is 3. The maximum atomic E-state index is 14.1. The lowest BCUT2D eigenvalue weighted by Crippen LogP contribution is -2.54. The van der Waals surface area contributed by atoms with Gasteiger partial charge in [-0.2, -0.15) is 5.26 Å². The molecule has 220 valence electrons. The highest BCUT2D eigenvalue weighted by atomic mass is 19.1. The van der Waals surface area contributed by atoms with Gasteiger partial charge >= 0.3 is 6.03 Å². The number of ether oxygens (including phenoxy) is 1. The summed E-state index contributed by atoms with van der Waals surface area (Å²) in [5, 5.41) is 17.2. The lowest BCUT2D eigenvalue weighted by molar-refractivity contribution is -0.124. The summed E-state index contributed by atoms with van der Waals surface area (Å²) in [5.41, 5.74) is 2.77. The number of halogens is 1. The van der Waals surface area contributed by atoms with Crippen molar-refractivity contribution in [1.29, 1.82) is 5.26 Å². The van der Waals surface area contributed by atoms with Gasteiger partial charge in [-0.05, 0) is 55.5 Å². The lowest BCUT2D eigenvalue weighted by Gasteiger charge is -2.30. The second kappa shape index (κ2) is 13.2. The average Bonchev–Trinajstić information content (AvgIpc) is 3.12. The maximum absolute atomic E-state index is 14.1. The first-order valence-corrected chi connectivity index (χ1v) is 13.8. The predicted octanol–water partition coefficient (Wildman–Crippen LogP) is 3.34. The number of benzene rings is 3. The highest BCUT2D eigenvalue weighted by Gasteiger charge is 2.38. The molecule has 3 aromatic rings. The van der Waals surface area contributed by atoms with E-state index < -0.39 is 35.9 Å². The van der Waals surface area contributed by atoms with Crippen LogP contribution in [0.15, 0.2) is 77.8 Å². The number of urea groups is 1. The molecule has 1 saturated heterocycles. The van der Waals surface area contributed by atoms with Gasteiger partial charge in [0.05, 0.1) is 36.2 Å². The Labute approximate surface area is 247 Å². The highest BCUT2D eigenvalue weighted by Crippen LogP contribution is 2.29. The number of anilines is 3. The van der Waals surface area contributed by atoms with Crippen LogP contribution in [0.2, 0.25) is 0 Å². The predicted molar refractivity (Wildman–Crippen MR) is 159 cm³/mol. The van der Waals surface area contributed by atoms with Gasteiger partial charge in [0.15, 0.2) is 0 Å². The van der Waals surface area contributed by atoms with Crippen LogP contribution in [0.4, 0.5) is 26.2 Å². The largest absolute Gasteiger partial charge is 0.379 e. The molecule has 0 radical (unpaired) electrons. The van der Waals surface area contributed by atoms with Crippen molar-refractivity contribution in [1.82, 2.24) is 10.2 Å². The molecule has 11 nitrogen and oxygen atoms in total. The first-order valence-electron chi connectivity index (χ1n) is 13.8. The van der Waals surface area contributed by atoms with Crippen molar-refractivity contribution in [2.75, 3.05) is 48.4 Å². The maximum Gasteiger partial charge on any atom is 0.321 e. The van der Waals surface area contributed by atoms with Crippen molar-refractivity contribution in [2.45, 2.75) is 19.1 Å². The average molecular weight is 584 g/mol. The van der Waals surface area contributed by atoms with Crippen LogP contribution in [0, 0.1) is 17.1 Å². The van der Waals surface area contributed by atoms with Crippen LogP contribution < -0.4 is 20.9 Å². The molecule has 12 heteroatoms. The Bertz CT molecular complexity index is 1580. The number of morpholine rings is 1. The number of nitriles is 1. The Kier molecular flexibility index (Phi) is 9.05. The van der Waals surface area contributed by atoms with Gasteiger partial charge in [0.25, 0.3) is 5.91 Å². The second-order valence-electron chi connectivity index (χ2n) is 10.1. The number of hydrogen-bond acceptors (Lipinski definition) is 7. The minimum atomic E-state index is -1.37. The summed E-state index contributed by atoms with van der Waals surface area (Å²) in [5.74, 6) is -1.57. The van der Waals surface area contributed by atoms with Crippen molar-refractivity contribution < 1.29 is 23.5 Å². The fraction of sp³-hybridized carbons (Fsp3) is 0.258. The number of fused-ring (bicyclic) bond motifs is 1. The molecule has 3 aromatic carbocycles. The van der Waals surface area contributed by atoms with E-state index in [0.29, 0.717) is 66.7 Å². The number of rotatable bonds is 7. The highest BCUT2D eigenvalue weighted by molar-refractivity contribution is 6.16. The van der Waals surface area contributed by atoms with E-state index in [-0.39, 0.29) is 0 Å². The van der Waals surface area contributed by atoms with E-state index in [0.717, 1.165) is 0 Å². The van der Waals surface area contributed by atoms with Crippen molar-refractivity contribution in [3.8, 4) is 6.07 Å². The number of para-hydroxylation sites is 1. The summed E-state index contributed by atoms with van der Waals surface area (Å²) in [6.45, 7) is 4.43. The number of hydrogen-bond donors (Lipinski definition) is 3. The smallest absolute Gasteiger partial charge is 0.321 e. The Hall–Kier alpha value is -5.12. The second-order valence-corrected chi connectivity index (χ2v) is 10.1. The van der Waals surface area contributed by atoms with Gasteiger partial charge in [-0.1, -0.05) is 24.3 Å². The minimum Gasteiger partial charge on any atom is -0.379 e. The van der Waals surface area contributed by atoms with Crippen LogP contribution in [0.1, 0.15) is 18.1 Å². The molecule has 0 aromatic heterocycles. The van der Waals surface area contributed by atoms with E-state index in [2.05, 4.69) is 20.9 Å². The molecule has 0 spiro atoms. The van der Waals surface area contributed by atoms with Crippen LogP contribution in [-0.4, -0.2) is 73.5 Å². The lowest BCUT2D eigenvalue weighted by atomic mass is 10.0. The zero-order chi connectivity index (χ0) is 30.3. The molecule has 4 amide bonds. The molecule has 2 aliphatic rings. The molecular weight excluding hydrogens is 553 g/mol. The van der Waals surface area contributed by atoms with E-state index in [1.807, 2.05) is 18.2 Å². The molecule has 0 aliphatic carbocycles. The molecular formula is C31H30FN7O4. The molecule has 2 aliphatic heterocycles. The van der Waals surface area contributed by atoms with Gasteiger partial charge in [-0.3, -0.25) is 24.4 Å². The van der Waals surface area contributed by atoms with Gasteiger partial charge in [-0.15, -0.1) is 0 Å². The number of carbonyl (C=O) groups is 3. The number of carbonyl (C=O) groups excluding carboxylic acids is 3. The van der Waals surface area contributed by atoms with E-state index in [1.54, 1.807) is 37.3 Å². The summed E-state index contributed by atoms with van der Waals surface area (Å²) in [6, 6.07) is 19.1. The van der Waals surface area contributed by atoms with E-state index in [9.17, 15) is 24.0 Å². The van der Waals surface area contributed by atoms with E-state index >= 15 is 0 Å². The molecule has 0 bridgehead atoms. The van der Waals surface area contributed by atoms with Gasteiger partial charge in [0.1, 0.15) is 11.9 Å². The van der Waals surface area contributed by atoms with Gasteiger partial charge < -0.3 is 20.7 Å². The number of nitrogens with zero attached hydrogens (tertiary/aromatic N) is 4. The van der Waals surface area contributed by atoms with E-state index in [4.69, 9.17) is 9.73 Å². The number of aliphatic imine (C=N–C) groups is 1. The first-order chi connectivity index (χ1) is 20.8. The molecule has 2 unspecified atom stereocenters. The van der Waals surface area contributed by atoms with Crippen LogP contribution in [0.25, 0.3) is 0 Å². The topological polar surface area (TPSA) is 139 Å². The zero-order valence-electron chi connectivity index (χ0n) is 23.4. The molecule has 5 rings (SSSR count). The molecule has 2 atom stereocenters. The SMILES string of the molecule is CC(C(=O)Nc1ccc(F)cc1)N1C(=O)C(NC(=O)Nc2cccc(C#N)c2)N=C(CN2CCOCC2)c2ccccc21. The van der Waals surface area contributed by atoms with Crippen molar-refractivity contribution >= 4 is 40.6 Å². The third-order valence-corrected chi connectivity index (χ3v) is 7.10. The fourth-order valence-electron chi connectivity index (χ4n) is 4.90. The third kappa shape index (κ3) is 7.03. The van der Waals surface area contributed by atoms with Crippen LogP contribution in [0.5, 0.6) is 0 Å². The van der Waals surface area contributed by atoms with E-state index in [1.165, 1.54) is 35.2 Å². The first kappa shape index (κ1) is 29.4. The molecule has 0 saturated carbocycles. The quantitative estimate of drug-likeness (QED) is 0.390. The fourth-order valence-corrected chi connectivity index (χ4v) is 4.90. The standard InChI is InChI=1S/C31H30FN7O4/c1-20(29(40)34-23-11-9-22(32)10-12-23)39-27-8-3-2-7-25(27)26(19-38-13-15-43-16-14-38)36-28(30(39)41)37-31(42)35-24-6-4-5-21(17-24)18-33/h2-12,17,20,28H,13-16,19H2,1H3,(H,34,40)(H2,35,37,42). The molecule has 43 heavy (non-hydrogen) atoms. The summed E-state index contributed by atoms with van der Waals surface area (Å²) >= 11 is 0. The Morgan fingerprint density at radius 1 is 1.05 bits per heavy atom. The van der Waals surface area contributed by atoms with Crippen molar-refractivity contribution in [3.05, 3.63) is 89.7 Å². The Balaban J connectivity index is 1.47. The zero-order valence-corrected chi connectivity index (χ0v) is 23.4. The van der Waals surface area contributed by atoms with Gasteiger partial charge in [0.2, 0.25) is 12.1 Å². The minimum absolute atomic E-state index is 0.358. The molecule has 2 heterocycles. The normalized spacial score (nSPS) is 17.5. The summed E-state index contributed by atoms with van der Waals surface area (Å²) < 4.78 is 18.9. The van der Waals surface area contributed by atoms with Gasteiger partial charge in [-0.25, -0.2) is 9.18 Å².